The van der Waals surface area contributed by atoms with Crippen molar-refractivity contribution in [2.24, 2.45) is 0 Å². The summed E-state index contributed by atoms with van der Waals surface area (Å²) in [5.41, 5.74) is 0. The van der Waals surface area contributed by atoms with Crippen LogP contribution in [0.2, 0.25) is 0 Å². The first-order valence-electron chi connectivity index (χ1n) is 8.76. The Morgan fingerprint density at radius 1 is 1.05 bits per heavy atom. The number of carbonyl (C=O) groups is 1. The fourth-order valence-corrected chi connectivity index (χ4v) is 2.83. The summed E-state index contributed by atoms with van der Waals surface area (Å²) in [6, 6.07) is 0. The van der Waals surface area contributed by atoms with E-state index in [0.717, 1.165) is 51.4 Å². The number of hydrogen-bond donors (Lipinski definition) is 2. The van der Waals surface area contributed by atoms with Crippen LogP contribution in [0.15, 0.2) is 12.2 Å². The van der Waals surface area contributed by atoms with E-state index in [0.29, 0.717) is 6.42 Å². The van der Waals surface area contributed by atoms with Crippen LogP contribution in [0.5, 0.6) is 0 Å². The molecular formula is C18H33BrO3. The van der Waals surface area contributed by atoms with Crippen molar-refractivity contribution < 1.29 is 15.0 Å². The highest BCUT2D eigenvalue weighted by Gasteiger charge is 2.13. The number of aliphatic carboxylic acids is 1. The summed E-state index contributed by atoms with van der Waals surface area (Å²) in [5.74, 6) is -0.691. The second-order valence-corrected chi connectivity index (χ2v) is 7.16. The largest absolute Gasteiger partial charge is 0.481 e. The van der Waals surface area contributed by atoms with Crippen molar-refractivity contribution in [2.45, 2.75) is 94.9 Å². The number of aliphatic hydroxyl groups is 1. The molecule has 3 nitrogen and oxygen atoms in total. The van der Waals surface area contributed by atoms with Crippen LogP contribution in [0.3, 0.4) is 0 Å². The summed E-state index contributed by atoms with van der Waals surface area (Å²) < 4.78 is 0. The smallest absolute Gasteiger partial charge is 0.303 e. The highest BCUT2D eigenvalue weighted by atomic mass is 79.9. The number of carboxylic acids is 1. The molecule has 0 spiro atoms. The molecule has 0 aliphatic rings. The SMILES string of the molecule is CCCCC[C@H](O)[C@@H](Br)C/C=C\CCCCCCCC(=O)O. The zero-order valence-electron chi connectivity index (χ0n) is 14.0. The summed E-state index contributed by atoms with van der Waals surface area (Å²) in [7, 11) is 0. The highest BCUT2D eigenvalue weighted by molar-refractivity contribution is 9.09. The third-order valence-corrected chi connectivity index (χ3v) is 4.79. The summed E-state index contributed by atoms with van der Waals surface area (Å²) in [4.78, 5) is 10.5. The maximum Gasteiger partial charge on any atom is 0.303 e. The molecule has 0 saturated heterocycles. The molecule has 130 valence electrons. The molecule has 2 N–H and O–H groups in total. The van der Waals surface area contributed by atoms with E-state index in [2.05, 4.69) is 35.0 Å². The van der Waals surface area contributed by atoms with Crippen molar-refractivity contribution in [1.82, 2.24) is 0 Å². The molecule has 0 unspecified atom stereocenters. The standard InChI is InChI=1S/C18H33BrO3/c1-2-3-10-14-17(20)16(19)13-11-8-6-4-5-7-9-12-15-18(21)22/h8,11,16-17,20H,2-7,9-10,12-15H2,1H3,(H,21,22)/b11-8-/t16-,17-/m0/s1. The van der Waals surface area contributed by atoms with Crippen LogP contribution in [0, 0.1) is 0 Å². The van der Waals surface area contributed by atoms with Crippen molar-refractivity contribution in [3.05, 3.63) is 12.2 Å². The lowest BCUT2D eigenvalue weighted by Crippen LogP contribution is -2.19. The Balaban J connectivity index is 3.43. The van der Waals surface area contributed by atoms with Crippen LogP contribution >= 0.6 is 15.9 Å². The average molecular weight is 377 g/mol. The van der Waals surface area contributed by atoms with Gasteiger partial charge in [-0.3, -0.25) is 4.79 Å². The van der Waals surface area contributed by atoms with Gasteiger partial charge in [0, 0.05) is 11.2 Å². The number of unbranched alkanes of at least 4 members (excludes halogenated alkanes) is 7. The molecule has 0 aromatic heterocycles. The second kappa shape index (κ2) is 15.5. The third kappa shape index (κ3) is 14.6. The zero-order chi connectivity index (χ0) is 16.6. The van der Waals surface area contributed by atoms with Crippen LogP contribution in [0.25, 0.3) is 0 Å². The minimum absolute atomic E-state index is 0.164. The van der Waals surface area contributed by atoms with Gasteiger partial charge < -0.3 is 10.2 Å². The van der Waals surface area contributed by atoms with Gasteiger partial charge in [0.2, 0.25) is 0 Å². The Labute approximate surface area is 144 Å². The van der Waals surface area contributed by atoms with Crippen LogP contribution in [0.4, 0.5) is 0 Å². The van der Waals surface area contributed by atoms with E-state index in [1.54, 1.807) is 0 Å². The predicted molar refractivity (Wildman–Crippen MR) is 96.6 cm³/mol. The molecule has 0 amide bonds. The lowest BCUT2D eigenvalue weighted by atomic mass is 10.1. The lowest BCUT2D eigenvalue weighted by molar-refractivity contribution is -0.137. The minimum atomic E-state index is -0.691. The van der Waals surface area contributed by atoms with Crippen LogP contribution in [0.1, 0.15) is 84.0 Å². The Bertz CT molecular complexity index is 292. The second-order valence-electron chi connectivity index (χ2n) is 5.99. The summed E-state index contributed by atoms with van der Waals surface area (Å²) in [5, 5.41) is 18.5. The molecule has 0 bridgehead atoms. The molecule has 4 heteroatoms. The molecule has 0 aliphatic heterocycles. The quantitative estimate of drug-likeness (QED) is 0.227. The van der Waals surface area contributed by atoms with E-state index in [4.69, 9.17) is 5.11 Å². The molecule has 0 heterocycles. The fraction of sp³-hybridized carbons (Fsp3) is 0.833. The third-order valence-electron chi connectivity index (χ3n) is 3.81. The molecule has 2 atom stereocenters. The Morgan fingerprint density at radius 3 is 2.41 bits per heavy atom. The fourth-order valence-electron chi connectivity index (χ4n) is 2.35. The first kappa shape index (κ1) is 21.6. The molecule has 0 aromatic carbocycles. The molecule has 22 heavy (non-hydrogen) atoms. The molecule has 0 aromatic rings. The number of carboxylic acid groups (broad SMARTS) is 1. The van der Waals surface area contributed by atoms with E-state index in [-0.39, 0.29) is 10.9 Å². The zero-order valence-corrected chi connectivity index (χ0v) is 15.6. The van der Waals surface area contributed by atoms with Crippen molar-refractivity contribution in [2.75, 3.05) is 0 Å². The van der Waals surface area contributed by atoms with Gasteiger partial charge in [0.25, 0.3) is 0 Å². The van der Waals surface area contributed by atoms with Crippen molar-refractivity contribution in [3.63, 3.8) is 0 Å². The molecular weight excluding hydrogens is 344 g/mol. The van der Waals surface area contributed by atoms with Crippen LogP contribution < -0.4 is 0 Å². The van der Waals surface area contributed by atoms with Gasteiger partial charge in [-0.05, 0) is 32.1 Å². The van der Waals surface area contributed by atoms with Gasteiger partial charge in [-0.25, -0.2) is 0 Å². The summed E-state index contributed by atoms with van der Waals surface area (Å²) in [6.45, 7) is 2.17. The van der Waals surface area contributed by atoms with Gasteiger partial charge in [0.1, 0.15) is 0 Å². The molecule has 0 radical (unpaired) electrons. The number of hydrogen-bond acceptors (Lipinski definition) is 2. The molecule has 0 saturated carbocycles. The first-order chi connectivity index (χ1) is 10.6. The monoisotopic (exact) mass is 376 g/mol. The maximum absolute atomic E-state index is 10.4. The van der Waals surface area contributed by atoms with Crippen molar-refractivity contribution in [3.8, 4) is 0 Å². The minimum Gasteiger partial charge on any atom is -0.481 e. The number of alkyl halides is 1. The van der Waals surface area contributed by atoms with Crippen molar-refractivity contribution in [1.29, 1.82) is 0 Å². The maximum atomic E-state index is 10.4. The van der Waals surface area contributed by atoms with Gasteiger partial charge >= 0.3 is 5.97 Å². The first-order valence-corrected chi connectivity index (χ1v) is 9.68. The van der Waals surface area contributed by atoms with Crippen LogP contribution in [-0.4, -0.2) is 27.1 Å². The Hall–Kier alpha value is -0.350. The molecule has 0 aliphatic carbocycles. The van der Waals surface area contributed by atoms with Gasteiger partial charge in [-0.2, -0.15) is 0 Å². The number of halogens is 1. The average Bonchev–Trinajstić information content (AvgIpc) is 2.48. The number of allylic oxidation sites excluding steroid dienone is 2. The van der Waals surface area contributed by atoms with Gasteiger partial charge in [-0.1, -0.05) is 73.5 Å². The van der Waals surface area contributed by atoms with Crippen molar-refractivity contribution >= 4 is 21.9 Å². The Morgan fingerprint density at radius 2 is 1.73 bits per heavy atom. The van der Waals surface area contributed by atoms with E-state index in [1.165, 1.54) is 19.3 Å². The van der Waals surface area contributed by atoms with E-state index < -0.39 is 5.97 Å². The molecule has 0 fully saturated rings. The van der Waals surface area contributed by atoms with E-state index in [9.17, 15) is 9.90 Å². The van der Waals surface area contributed by atoms with E-state index >= 15 is 0 Å². The highest BCUT2D eigenvalue weighted by Crippen LogP contribution is 2.17. The van der Waals surface area contributed by atoms with E-state index in [1.807, 2.05) is 0 Å². The van der Waals surface area contributed by atoms with Gasteiger partial charge in [0.15, 0.2) is 0 Å². The van der Waals surface area contributed by atoms with Gasteiger partial charge in [0.05, 0.1) is 6.10 Å². The topological polar surface area (TPSA) is 57.5 Å². The van der Waals surface area contributed by atoms with Crippen LogP contribution in [-0.2, 0) is 4.79 Å². The molecule has 0 rings (SSSR count). The summed E-state index contributed by atoms with van der Waals surface area (Å²) in [6.07, 6.45) is 16.0. The number of rotatable bonds is 15. The summed E-state index contributed by atoms with van der Waals surface area (Å²) >= 11 is 3.57. The Kier molecular flexibility index (Phi) is 15.3. The predicted octanol–water partition coefficient (Wildman–Crippen LogP) is 5.45. The lowest BCUT2D eigenvalue weighted by Gasteiger charge is -2.15. The number of aliphatic hydroxyl groups excluding tert-OH is 1. The normalized spacial score (nSPS) is 14.3. The van der Waals surface area contributed by atoms with Gasteiger partial charge in [-0.15, -0.1) is 0 Å².